The summed E-state index contributed by atoms with van der Waals surface area (Å²) in [6.45, 7) is 2.18. The minimum atomic E-state index is -0.376. The molecule has 0 saturated heterocycles. The summed E-state index contributed by atoms with van der Waals surface area (Å²) >= 11 is 0. The first-order valence-corrected chi connectivity index (χ1v) is 11.7. The average Bonchev–Trinajstić information content (AvgIpc) is 3.32. The number of ether oxygens (including phenoxy) is 2. The molecule has 1 heterocycles. The Bertz CT molecular complexity index is 1630. The lowest BCUT2D eigenvalue weighted by atomic mass is 9.70. The maximum absolute atomic E-state index is 6.38. The molecule has 0 amide bonds. The second kappa shape index (κ2) is 6.18. The second-order valence-corrected chi connectivity index (χ2v) is 9.39. The largest absolute Gasteiger partial charge is 0.450 e. The normalized spacial score (nSPS) is 14.7. The predicted octanol–water partition coefficient (Wildman–Crippen LogP) is 8.24. The Morgan fingerprint density at radius 1 is 0.441 bits per heavy atom. The maximum atomic E-state index is 6.38. The van der Waals surface area contributed by atoms with Crippen LogP contribution in [0.3, 0.4) is 0 Å². The minimum absolute atomic E-state index is 0.376. The summed E-state index contributed by atoms with van der Waals surface area (Å²) in [5, 5.41) is 0. The van der Waals surface area contributed by atoms with Gasteiger partial charge in [0, 0.05) is 0 Å². The van der Waals surface area contributed by atoms with Gasteiger partial charge in [-0.1, -0.05) is 84.4 Å². The molecule has 1 spiro atoms. The van der Waals surface area contributed by atoms with Crippen molar-refractivity contribution in [3.05, 3.63) is 131 Å². The topological polar surface area (TPSA) is 18.5 Å². The molecule has 2 heteroatoms. The van der Waals surface area contributed by atoms with Crippen LogP contribution in [0.5, 0.6) is 23.0 Å². The van der Waals surface area contributed by atoms with Gasteiger partial charge in [0.1, 0.15) is 0 Å². The van der Waals surface area contributed by atoms with E-state index in [1.54, 1.807) is 0 Å². The summed E-state index contributed by atoms with van der Waals surface area (Å²) in [4.78, 5) is 0. The van der Waals surface area contributed by atoms with Gasteiger partial charge in [-0.15, -0.1) is 0 Å². The van der Waals surface area contributed by atoms with E-state index in [9.17, 15) is 0 Å². The van der Waals surface area contributed by atoms with Crippen LogP contribution in [0.2, 0.25) is 0 Å². The van der Waals surface area contributed by atoms with E-state index in [1.165, 1.54) is 50.1 Å². The Morgan fingerprint density at radius 2 is 0.971 bits per heavy atom. The first-order chi connectivity index (χ1) is 16.7. The summed E-state index contributed by atoms with van der Waals surface area (Å²) in [7, 11) is 0. The van der Waals surface area contributed by atoms with Crippen LogP contribution in [-0.2, 0) is 5.41 Å². The van der Waals surface area contributed by atoms with Gasteiger partial charge < -0.3 is 9.47 Å². The van der Waals surface area contributed by atoms with E-state index in [0.717, 1.165) is 23.0 Å². The highest BCUT2D eigenvalue weighted by atomic mass is 16.6. The van der Waals surface area contributed by atoms with E-state index in [0.29, 0.717) is 0 Å². The molecule has 8 rings (SSSR count). The standard InChI is InChI=1S/C32H20O2/c1-19-14-15-22-23-17-30-31(34-29-13-7-6-12-28(29)33-30)18-27(23)32(26(22)16-19)24-10-4-2-8-20(24)21-9-3-5-11-25(21)32/h2-18H,1H3. The zero-order valence-corrected chi connectivity index (χ0v) is 18.6. The molecule has 0 N–H and O–H groups in total. The number of benzene rings is 5. The van der Waals surface area contributed by atoms with E-state index < -0.39 is 0 Å². The van der Waals surface area contributed by atoms with Crippen molar-refractivity contribution in [2.75, 3.05) is 0 Å². The molecular weight excluding hydrogens is 416 g/mol. The van der Waals surface area contributed by atoms with Crippen molar-refractivity contribution < 1.29 is 9.47 Å². The van der Waals surface area contributed by atoms with Gasteiger partial charge in [0.15, 0.2) is 23.0 Å². The number of rotatable bonds is 0. The summed E-state index contributed by atoms with van der Waals surface area (Å²) in [5.74, 6) is 3.04. The van der Waals surface area contributed by atoms with Crippen LogP contribution < -0.4 is 9.47 Å². The predicted molar refractivity (Wildman–Crippen MR) is 134 cm³/mol. The molecule has 0 radical (unpaired) electrons. The van der Waals surface area contributed by atoms with Crippen molar-refractivity contribution in [2.45, 2.75) is 12.3 Å². The lowest BCUT2D eigenvalue weighted by Gasteiger charge is -2.31. The van der Waals surface area contributed by atoms with Crippen LogP contribution in [0.25, 0.3) is 22.3 Å². The average molecular weight is 437 g/mol. The third kappa shape index (κ3) is 2.07. The third-order valence-corrected chi connectivity index (χ3v) is 7.60. The highest BCUT2D eigenvalue weighted by Crippen LogP contribution is 2.64. The van der Waals surface area contributed by atoms with E-state index in [2.05, 4.69) is 85.8 Å². The van der Waals surface area contributed by atoms with Gasteiger partial charge in [-0.25, -0.2) is 0 Å². The zero-order chi connectivity index (χ0) is 22.4. The Morgan fingerprint density at radius 3 is 1.65 bits per heavy atom. The van der Waals surface area contributed by atoms with Gasteiger partial charge in [0.2, 0.25) is 0 Å². The Hall–Kier alpha value is -4.30. The molecule has 2 aliphatic carbocycles. The molecule has 3 aliphatic rings. The maximum Gasteiger partial charge on any atom is 0.170 e. The molecule has 0 aromatic heterocycles. The fourth-order valence-electron chi connectivity index (χ4n) is 6.27. The van der Waals surface area contributed by atoms with E-state index >= 15 is 0 Å². The Kier molecular flexibility index (Phi) is 3.30. The number of para-hydroxylation sites is 2. The fourth-order valence-corrected chi connectivity index (χ4v) is 6.27. The van der Waals surface area contributed by atoms with Crippen molar-refractivity contribution in [1.82, 2.24) is 0 Å². The fraction of sp³-hybridized carbons (Fsp3) is 0.0625. The first-order valence-electron chi connectivity index (χ1n) is 11.7. The quantitative estimate of drug-likeness (QED) is 0.238. The van der Waals surface area contributed by atoms with E-state index in [-0.39, 0.29) is 5.41 Å². The highest BCUT2D eigenvalue weighted by molar-refractivity contribution is 5.96. The molecule has 34 heavy (non-hydrogen) atoms. The first kappa shape index (κ1) is 18.2. The van der Waals surface area contributed by atoms with Gasteiger partial charge in [-0.05, 0) is 75.7 Å². The molecule has 0 bridgehead atoms. The molecule has 0 saturated carbocycles. The van der Waals surface area contributed by atoms with Gasteiger partial charge in [0.05, 0.1) is 5.41 Å². The molecule has 0 fully saturated rings. The van der Waals surface area contributed by atoms with Crippen molar-refractivity contribution in [1.29, 1.82) is 0 Å². The summed E-state index contributed by atoms with van der Waals surface area (Å²) in [6, 6.07) is 36.8. The molecular formula is C32H20O2. The molecule has 0 atom stereocenters. The van der Waals surface area contributed by atoms with Gasteiger partial charge >= 0.3 is 0 Å². The second-order valence-electron chi connectivity index (χ2n) is 9.39. The van der Waals surface area contributed by atoms with Gasteiger partial charge in [0.25, 0.3) is 0 Å². The van der Waals surface area contributed by atoms with Crippen molar-refractivity contribution in [3.63, 3.8) is 0 Å². The summed E-state index contributed by atoms with van der Waals surface area (Å²) in [5.41, 5.74) is 11.2. The van der Waals surface area contributed by atoms with Crippen molar-refractivity contribution in [3.8, 4) is 45.3 Å². The Balaban J connectivity index is 1.50. The van der Waals surface area contributed by atoms with Crippen LogP contribution in [0.4, 0.5) is 0 Å². The lowest BCUT2D eigenvalue weighted by Crippen LogP contribution is -2.26. The third-order valence-electron chi connectivity index (χ3n) is 7.60. The Labute approximate surface area is 198 Å². The lowest BCUT2D eigenvalue weighted by molar-refractivity contribution is 0.359. The highest BCUT2D eigenvalue weighted by Gasteiger charge is 2.52. The SMILES string of the molecule is Cc1ccc2c(c1)C1(c3ccccc3-c3ccccc31)c1cc3c(cc1-2)Oc1ccccc1O3. The number of hydrogen-bond acceptors (Lipinski definition) is 2. The van der Waals surface area contributed by atoms with Gasteiger partial charge in [-0.3, -0.25) is 0 Å². The minimum Gasteiger partial charge on any atom is -0.450 e. The number of fused-ring (bicyclic) bond motifs is 12. The summed E-state index contributed by atoms with van der Waals surface area (Å²) in [6.07, 6.45) is 0. The summed E-state index contributed by atoms with van der Waals surface area (Å²) < 4.78 is 12.7. The molecule has 5 aromatic carbocycles. The molecule has 2 nitrogen and oxygen atoms in total. The number of hydrogen-bond donors (Lipinski definition) is 0. The molecule has 1 aliphatic heterocycles. The molecule has 160 valence electrons. The van der Waals surface area contributed by atoms with Crippen molar-refractivity contribution >= 4 is 0 Å². The molecule has 5 aromatic rings. The van der Waals surface area contributed by atoms with Crippen LogP contribution >= 0.6 is 0 Å². The van der Waals surface area contributed by atoms with E-state index in [4.69, 9.17) is 9.47 Å². The zero-order valence-electron chi connectivity index (χ0n) is 18.6. The van der Waals surface area contributed by atoms with Crippen LogP contribution in [0.15, 0.2) is 103 Å². The molecule has 0 unspecified atom stereocenters. The van der Waals surface area contributed by atoms with Gasteiger partial charge in [-0.2, -0.15) is 0 Å². The van der Waals surface area contributed by atoms with Crippen LogP contribution in [0.1, 0.15) is 27.8 Å². The van der Waals surface area contributed by atoms with Crippen LogP contribution in [0, 0.1) is 6.92 Å². The smallest absolute Gasteiger partial charge is 0.170 e. The van der Waals surface area contributed by atoms with Crippen LogP contribution in [-0.4, -0.2) is 0 Å². The van der Waals surface area contributed by atoms with Crippen molar-refractivity contribution in [2.24, 2.45) is 0 Å². The number of aryl methyl sites for hydroxylation is 1. The monoisotopic (exact) mass is 436 g/mol. The van der Waals surface area contributed by atoms with E-state index in [1.807, 2.05) is 24.3 Å².